The van der Waals surface area contributed by atoms with Gasteiger partial charge < -0.3 is 14.6 Å². The SMILES string of the molecule is COc1n[nH]c2ncc(-c3ccc(CC(=O)Nc4cc(C5(C(F)(F)F)CC5)on4)c(F)c3)cc12. The number of ether oxygens (including phenoxy) is 1. The fraction of sp³-hybridized carbons (Fsp3) is 0.273. The van der Waals surface area contributed by atoms with Crippen LogP contribution in [0.3, 0.4) is 0 Å². The zero-order valence-corrected chi connectivity index (χ0v) is 17.7. The first-order valence-electron chi connectivity index (χ1n) is 10.2. The molecule has 5 rings (SSSR count). The molecule has 12 heteroatoms. The van der Waals surface area contributed by atoms with Crippen molar-refractivity contribution in [2.75, 3.05) is 12.4 Å². The maximum absolute atomic E-state index is 14.7. The van der Waals surface area contributed by atoms with Gasteiger partial charge in [-0.2, -0.15) is 13.2 Å². The Morgan fingerprint density at radius 1 is 1.24 bits per heavy atom. The number of methoxy groups -OCH3 is 1. The van der Waals surface area contributed by atoms with Gasteiger partial charge in [-0.1, -0.05) is 17.3 Å². The number of H-pyrrole nitrogens is 1. The minimum atomic E-state index is -4.46. The Kier molecular flexibility index (Phi) is 5.03. The summed E-state index contributed by atoms with van der Waals surface area (Å²) >= 11 is 0. The van der Waals surface area contributed by atoms with Crippen LogP contribution in [0.1, 0.15) is 24.2 Å². The molecule has 1 aromatic carbocycles. The monoisotopic (exact) mass is 475 g/mol. The highest BCUT2D eigenvalue weighted by molar-refractivity contribution is 5.91. The molecule has 2 N–H and O–H groups in total. The highest BCUT2D eigenvalue weighted by atomic mass is 19.4. The Hall–Kier alpha value is -3.96. The largest absolute Gasteiger partial charge is 0.479 e. The second kappa shape index (κ2) is 7.82. The number of nitrogens with zero attached hydrogens (tertiary/aromatic N) is 3. The number of nitrogens with one attached hydrogen (secondary N) is 2. The molecule has 0 radical (unpaired) electrons. The third-order valence-electron chi connectivity index (χ3n) is 5.85. The molecule has 8 nitrogen and oxygen atoms in total. The number of aromatic nitrogens is 4. The predicted molar refractivity (Wildman–Crippen MR) is 112 cm³/mol. The van der Waals surface area contributed by atoms with Crippen molar-refractivity contribution in [1.29, 1.82) is 0 Å². The minimum Gasteiger partial charge on any atom is -0.479 e. The van der Waals surface area contributed by atoms with Crippen LogP contribution in [0, 0.1) is 5.82 Å². The standard InChI is InChI=1S/C22H17F4N5O3/c1-33-20-14-6-13(10-27-19(14)29-30-20)11-2-3-12(15(23)7-11)8-18(32)28-17-9-16(34-31-17)21(4-5-21)22(24,25)26/h2-3,6-7,9-10H,4-5,8H2,1H3,(H,27,29,30)(H,28,31,32). The van der Waals surface area contributed by atoms with E-state index in [2.05, 4.69) is 25.7 Å². The average molecular weight is 475 g/mol. The molecule has 176 valence electrons. The van der Waals surface area contributed by atoms with E-state index in [-0.39, 0.29) is 36.4 Å². The lowest BCUT2D eigenvalue weighted by Crippen LogP contribution is -2.28. The van der Waals surface area contributed by atoms with Crippen molar-refractivity contribution in [3.05, 3.63) is 53.7 Å². The highest BCUT2D eigenvalue weighted by Gasteiger charge is 2.66. The van der Waals surface area contributed by atoms with Gasteiger partial charge in [-0.15, -0.1) is 5.10 Å². The molecular formula is C22H17F4N5O3. The van der Waals surface area contributed by atoms with Crippen LogP contribution in [-0.4, -0.2) is 39.5 Å². The molecule has 1 aliphatic carbocycles. The third kappa shape index (κ3) is 3.74. The number of fused-ring (bicyclic) bond motifs is 1. The maximum Gasteiger partial charge on any atom is 0.401 e. The number of benzene rings is 1. The summed E-state index contributed by atoms with van der Waals surface area (Å²) in [7, 11) is 1.47. The van der Waals surface area contributed by atoms with Crippen molar-refractivity contribution < 1.29 is 31.6 Å². The molecule has 0 aliphatic heterocycles. The van der Waals surface area contributed by atoms with E-state index in [1.807, 2.05) is 0 Å². The number of amides is 1. The number of halogens is 4. The highest BCUT2D eigenvalue weighted by Crippen LogP contribution is 2.59. The summed E-state index contributed by atoms with van der Waals surface area (Å²) in [5.74, 6) is -1.40. The lowest BCUT2D eigenvalue weighted by molar-refractivity contribution is -0.165. The Bertz CT molecular complexity index is 1390. The second-order valence-corrected chi connectivity index (χ2v) is 8.04. The summed E-state index contributed by atoms with van der Waals surface area (Å²) in [6.07, 6.45) is -3.43. The van der Waals surface area contributed by atoms with Crippen LogP contribution in [0.2, 0.25) is 0 Å². The van der Waals surface area contributed by atoms with E-state index in [9.17, 15) is 22.4 Å². The lowest BCUT2D eigenvalue weighted by Gasteiger charge is -2.14. The molecule has 1 fully saturated rings. The summed E-state index contributed by atoms with van der Waals surface area (Å²) < 4.78 is 64.3. The molecule has 0 atom stereocenters. The topological polar surface area (TPSA) is 106 Å². The predicted octanol–water partition coefficient (Wildman–Crippen LogP) is 4.54. The number of alkyl halides is 3. The summed E-state index contributed by atoms with van der Waals surface area (Å²) in [5, 5.41) is 13.2. The number of carbonyl (C=O) groups is 1. The number of pyridine rings is 1. The number of carbonyl (C=O) groups excluding carboxylic acids is 1. The first kappa shape index (κ1) is 21.9. The number of aromatic amines is 1. The van der Waals surface area contributed by atoms with Crippen molar-refractivity contribution in [3.63, 3.8) is 0 Å². The molecule has 1 saturated carbocycles. The normalized spacial score (nSPS) is 14.9. The van der Waals surface area contributed by atoms with E-state index in [4.69, 9.17) is 9.26 Å². The van der Waals surface area contributed by atoms with E-state index in [0.29, 0.717) is 28.0 Å². The van der Waals surface area contributed by atoms with Crippen LogP contribution in [0.25, 0.3) is 22.2 Å². The Labute approximate surface area is 189 Å². The Morgan fingerprint density at radius 2 is 2.03 bits per heavy atom. The summed E-state index contributed by atoms with van der Waals surface area (Å²) in [4.78, 5) is 16.6. The number of anilines is 1. The Morgan fingerprint density at radius 3 is 2.71 bits per heavy atom. The van der Waals surface area contributed by atoms with Gasteiger partial charge in [0.15, 0.2) is 17.2 Å². The fourth-order valence-electron chi connectivity index (χ4n) is 3.78. The zero-order chi connectivity index (χ0) is 24.1. The zero-order valence-electron chi connectivity index (χ0n) is 17.7. The van der Waals surface area contributed by atoms with E-state index >= 15 is 0 Å². The van der Waals surface area contributed by atoms with E-state index in [1.54, 1.807) is 18.3 Å². The second-order valence-electron chi connectivity index (χ2n) is 8.04. The summed E-state index contributed by atoms with van der Waals surface area (Å²) in [6.45, 7) is 0. The molecule has 1 amide bonds. The van der Waals surface area contributed by atoms with E-state index < -0.39 is 23.3 Å². The number of hydrogen-bond acceptors (Lipinski definition) is 6. The van der Waals surface area contributed by atoms with Gasteiger partial charge in [0.1, 0.15) is 11.2 Å². The molecule has 4 aromatic rings. The maximum atomic E-state index is 14.7. The van der Waals surface area contributed by atoms with Crippen molar-refractivity contribution in [3.8, 4) is 17.0 Å². The molecule has 0 saturated heterocycles. The van der Waals surface area contributed by atoms with Crippen LogP contribution in [0.5, 0.6) is 5.88 Å². The summed E-state index contributed by atoms with van der Waals surface area (Å²) in [5.41, 5.74) is -0.260. The van der Waals surface area contributed by atoms with Gasteiger partial charge in [0.25, 0.3) is 0 Å². The van der Waals surface area contributed by atoms with Gasteiger partial charge in [-0.3, -0.25) is 9.89 Å². The van der Waals surface area contributed by atoms with Gasteiger partial charge in [-0.25, -0.2) is 9.37 Å². The number of rotatable bonds is 6. The van der Waals surface area contributed by atoms with Crippen molar-refractivity contribution in [2.45, 2.75) is 30.9 Å². The molecule has 0 spiro atoms. The van der Waals surface area contributed by atoms with Crippen molar-refractivity contribution in [1.82, 2.24) is 20.3 Å². The molecule has 0 bridgehead atoms. The van der Waals surface area contributed by atoms with Gasteiger partial charge in [0.2, 0.25) is 11.8 Å². The van der Waals surface area contributed by atoms with Crippen LogP contribution in [0.4, 0.5) is 23.4 Å². The smallest absolute Gasteiger partial charge is 0.401 e. The van der Waals surface area contributed by atoms with Crippen molar-refractivity contribution in [2.24, 2.45) is 0 Å². The van der Waals surface area contributed by atoms with Gasteiger partial charge in [0, 0.05) is 17.8 Å². The summed E-state index contributed by atoms with van der Waals surface area (Å²) in [6, 6.07) is 7.17. The van der Waals surface area contributed by atoms with E-state index in [0.717, 1.165) is 6.07 Å². The Balaban J connectivity index is 1.29. The third-order valence-corrected chi connectivity index (χ3v) is 5.85. The van der Waals surface area contributed by atoms with Gasteiger partial charge in [-0.05, 0) is 36.1 Å². The molecular weight excluding hydrogens is 458 g/mol. The van der Waals surface area contributed by atoms with Gasteiger partial charge in [0.05, 0.1) is 18.9 Å². The molecule has 1 aliphatic rings. The molecule has 3 heterocycles. The lowest BCUT2D eigenvalue weighted by atomic mass is 10.0. The van der Waals surface area contributed by atoms with Gasteiger partial charge >= 0.3 is 6.18 Å². The van der Waals surface area contributed by atoms with Crippen LogP contribution in [0.15, 0.2) is 41.1 Å². The molecule has 34 heavy (non-hydrogen) atoms. The van der Waals surface area contributed by atoms with Crippen LogP contribution >= 0.6 is 0 Å². The first-order chi connectivity index (χ1) is 16.2. The fourth-order valence-corrected chi connectivity index (χ4v) is 3.78. The molecule has 3 aromatic heterocycles. The average Bonchev–Trinajstić information content (AvgIpc) is 3.33. The molecule has 0 unspecified atom stereocenters. The van der Waals surface area contributed by atoms with Crippen LogP contribution < -0.4 is 10.1 Å². The minimum absolute atomic E-state index is 0.0908. The number of hydrogen-bond donors (Lipinski definition) is 2. The first-order valence-corrected chi connectivity index (χ1v) is 10.2. The van der Waals surface area contributed by atoms with Crippen LogP contribution in [-0.2, 0) is 16.6 Å². The van der Waals surface area contributed by atoms with Crippen molar-refractivity contribution >= 4 is 22.8 Å². The van der Waals surface area contributed by atoms with E-state index in [1.165, 1.54) is 19.2 Å². The quantitative estimate of drug-likeness (QED) is 0.397.